The van der Waals surface area contributed by atoms with Crippen molar-refractivity contribution >= 4 is 5.91 Å². The molecule has 0 saturated carbocycles. The van der Waals surface area contributed by atoms with Gasteiger partial charge < -0.3 is 14.6 Å². The molecule has 6 nitrogen and oxygen atoms in total. The van der Waals surface area contributed by atoms with E-state index in [1.807, 2.05) is 30.3 Å². The summed E-state index contributed by atoms with van der Waals surface area (Å²) in [4.78, 5) is 14.9. The quantitative estimate of drug-likeness (QED) is 0.644. The van der Waals surface area contributed by atoms with E-state index in [-0.39, 0.29) is 11.7 Å². The Labute approximate surface area is 176 Å². The van der Waals surface area contributed by atoms with E-state index in [9.17, 15) is 4.79 Å². The average Bonchev–Trinajstić information content (AvgIpc) is 3.29. The van der Waals surface area contributed by atoms with Gasteiger partial charge in [-0.1, -0.05) is 53.7 Å². The van der Waals surface area contributed by atoms with E-state index in [0.717, 1.165) is 49.5 Å². The third kappa shape index (κ3) is 4.89. The van der Waals surface area contributed by atoms with E-state index in [2.05, 4.69) is 39.6 Å². The number of piperidine rings is 1. The predicted molar refractivity (Wildman–Crippen MR) is 114 cm³/mol. The lowest BCUT2D eigenvalue weighted by molar-refractivity contribution is 0.0913. The molecule has 6 heteroatoms. The molecule has 0 atom stereocenters. The molecule has 0 unspecified atom stereocenters. The Balaban J connectivity index is 1.29. The van der Waals surface area contributed by atoms with Gasteiger partial charge in [0.25, 0.3) is 5.91 Å². The fraction of sp³-hybridized carbons (Fsp3) is 0.333. The molecule has 30 heavy (non-hydrogen) atoms. The Hall–Kier alpha value is -3.12. The summed E-state index contributed by atoms with van der Waals surface area (Å²) in [6.07, 6.45) is 2.03. The molecule has 1 saturated heterocycles. The number of nitrogens with one attached hydrogen (secondary N) is 1. The molecular weight excluding hydrogens is 378 g/mol. The van der Waals surface area contributed by atoms with Gasteiger partial charge in [0.05, 0.1) is 12.8 Å². The van der Waals surface area contributed by atoms with Crippen molar-refractivity contribution in [1.29, 1.82) is 0 Å². The van der Waals surface area contributed by atoms with Crippen LogP contribution in [0.3, 0.4) is 0 Å². The van der Waals surface area contributed by atoms with Gasteiger partial charge in [0, 0.05) is 30.6 Å². The molecule has 1 N–H and O–H groups in total. The number of likely N-dealkylation sites (tertiary alicyclic amines) is 1. The van der Waals surface area contributed by atoms with Crippen LogP contribution in [-0.2, 0) is 13.1 Å². The number of hydrogen-bond acceptors (Lipinski definition) is 5. The van der Waals surface area contributed by atoms with Crippen LogP contribution in [0.25, 0.3) is 0 Å². The van der Waals surface area contributed by atoms with E-state index in [1.54, 1.807) is 13.2 Å². The maximum absolute atomic E-state index is 12.5. The lowest BCUT2D eigenvalue weighted by Crippen LogP contribution is -2.32. The molecule has 1 aliphatic rings. The van der Waals surface area contributed by atoms with Crippen molar-refractivity contribution in [3.63, 3.8) is 0 Å². The SMILES string of the molecule is COc1ccccc1CNC(=O)c1cc(C2CCN(Cc3ccccc3)CC2)no1. The summed E-state index contributed by atoms with van der Waals surface area (Å²) in [5, 5.41) is 7.06. The number of benzene rings is 2. The third-order valence-electron chi connectivity index (χ3n) is 5.64. The average molecular weight is 405 g/mol. The van der Waals surface area contributed by atoms with E-state index >= 15 is 0 Å². The predicted octanol–water partition coefficient (Wildman–Crippen LogP) is 3.99. The number of ether oxygens (including phenoxy) is 1. The van der Waals surface area contributed by atoms with E-state index in [1.165, 1.54) is 5.56 Å². The van der Waals surface area contributed by atoms with Crippen LogP contribution in [0.4, 0.5) is 0 Å². The summed E-state index contributed by atoms with van der Waals surface area (Å²) >= 11 is 0. The van der Waals surface area contributed by atoms with Crippen LogP contribution in [-0.4, -0.2) is 36.2 Å². The smallest absolute Gasteiger partial charge is 0.290 e. The van der Waals surface area contributed by atoms with E-state index in [4.69, 9.17) is 9.26 Å². The van der Waals surface area contributed by atoms with Crippen molar-refractivity contribution in [2.24, 2.45) is 0 Å². The van der Waals surface area contributed by atoms with Gasteiger partial charge in [-0.05, 0) is 37.6 Å². The molecular formula is C24H27N3O3. The van der Waals surface area contributed by atoms with Gasteiger partial charge >= 0.3 is 0 Å². The van der Waals surface area contributed by atoms with E-state index < -0.39 is 0 Å². The standard InChI is InChI=1S/C24H27N3O3/c1-29-22-10-6-5-9-20(22)16-25-24(28)23-15-21(26-30-23)19-11-13-27(14-12-19)17-18-7-3-2-4-8-18/h2-10,15,19H,11-14,16-17H2,1H3,(H,25,28). The molecule has 0 spiro atoms. The van der Waals surface area contributed by atoms with Crippen molar-refractivity contribution in [2.75, 3.05) is 20.2 Å². The number of nitrogens with zero attached hydrogens (tertiary/aromatic N) is 2. The molecule has 1 amide bonds. The summed E-state index contributed by atoms with van der Waals surface area (Å²) in [5.74, 6) is 1.07. The first-order valence-corrected chi connectivity index (χ1v) is 10.4. The minimum Gasteiger partial charge on any atom is -0.496 e. The number of methoxy groups -OCH3 is 1. The molecule has 0 bridgehead atoms. The van der Waals surface area contributed by atoms with Crippen LogP contribution in [0.15, 0.2) is 65.2 Å². The summed E-state index contributed by atoms with van der Waals surface area (Å²) in [6, 6.07) is 19.9. The van der Waals surface area contributed by atoms with Crippen LogP contribution in [0, 0.1) is 0 Å². The number of amides is 1. The molecule has 2 aromatic carbocycles. The van der Waals surface area contributed by atoms with Gasteiger partial charge in [-0.2, -0.15) is 0 Å². The highest BCUT2D eigenvalue weighted by Crippen LogP contribution is 2.28. The zero-order valence-corrected chi connectivity index (χ0v) is 17.2. The second kappa shape index (κ2) is 9.59. The second-order valence-electron chi connectivity index (χ2n) is 7.65. The lowest BCUT2D eigenvalue weighted by atomic mass is 9.93. The van der Waals surface area contributed by atoms with Gasteiger partial charge in [0.15, 0.2) is 0 Å². The Morgan fingerprint density at radius 2 is 1.87 bits per heavy atom. The van der Waals surface area contributed by atoms with Crippen molar-refractivity contribution in [2.45, 2.75) is 31.8 Å². The Morgan fingerprint density at radius 1 is 1.13 bits per heavy atom. The van der Waals surface area contributed by atoms with Gasteiger partial charge in [-0.3, -0.25) is 9.69 Å². The number of hydrogen-bond donors (Lipinski definition) is 1. The van der Waals surface area contributed by atoms with Crippen LogP contribution in [0.5, 0.6) is 5.75 Å². The van der Waals surface area contributed by atoms with Crippen LogP contribution < -0.4 is 10.1 Å². The topological polar surface area (TPSA) is 67.6 Å². The highest BCUT2D eigenvalue weighted by molar-refractivity contribution is 5.91. The number of aromatic nitrogens is 1. The molecule has 0 radical (unpaired) electrons. The first-order chi connectivity index (χ1) is 14.7. The maximum atomic E-state index is 12.5. The number of rotatable bonds is 7. The Morgan fingerprint density at radius 3 is 2.63 bits per heavy atom. The molecule has 1 fully saturated rings. The zero-order chi connectivity index (χ0) is 20.8. The van der Waals surface area contributed by atoms with Crippen molar-refractivity contribution in [3.8, 4) is 5.75 Å². The van der Waals surface area contributed by atoms with Gasteiger partial charge in [0.2, 0.25) is 5.76 Å². The minimum absolute atomic E-state index is 0.256. The molecule has 4 rings (SSSR count). The van der Waals surface area contributed by atoms with Crippen molar-refractivity contribution in [3.05, 3.63) is 83.2 Å². The van der Waals surface area contributed by atoms with Crippen LogP contribution in [0.1, 0.15) is 46.1 Å². The lowest BCUT2D eigenvalue weighted by Gasteiger charge is -2.30. The van der Waals surface area contributed by atoms with Crippen LogP contribution in [0.2, 0.25) is 0 Å². The summed E-state index contributed by atoms with van der Waals surface area (Å²) in [5.41, 5.74) is 3.13. The second-order valence-corrected chi connectivity index (χ2v) is 7.65. The normalized spacial score (nSPS) is 15.1. The molecule has 3 aromatic rings. The number of carbonyl (C=O) groups is 1. The fourth-order valence-electron chi connectivity index (χ4n) is 3.93. The monoisotopic (exact) mass is 405 g/mol. The van der Waals surface area contributed by atoms with Crippen molar-refractivity contribution in [1.82, 2.24) is 15.4 Å². The maximum Gasteiger partial charge on any atom is 0.290 e. The van der Waals surface area contributed by atoms with Gasteiger partial charge in [0.1, 0.15) is 5.75 Å². The molecule has 1 aliphatic heterocycles. The van der Waals surface area contributed by atoms with Gasteiger partial charge in [-0.15, -0.1) is 0 Å². The van der Waals surface area contributed by atoms with Crippen LogP contribution >= 0.6 is 0 Å². The molecule has 0 aliphatic carbocycles. The minimum atomic E-state index is -0.263. The first-order valence-electron chi connectivity index (χ1n) is 10.4. The third-order valence-corrected chi connectivity index (χ3v) is 5.64. The number of carbonyl (C=O) groups excluding carboxylic acids is 1. The zero-order valence-electron chi connectivity index (χ0n) is 17.2. The highest BCUT2D eigenvalue weighted by Gasteiger charge is 2.24. The molecule has 2 heterocycles. The van der Waals surface area contributed by atoms with Crippen molar-refractivity contribution < 1.29 is 14.1 Å². The highest BCUT2D eigenvalue weighted by atomic mass is 16.5. The Bertz CT molecular complexity index is 963. The fourth-order valence-corrected chi connectivity index (χ4v) is 3.93. The summed E-state index contributed by atoms with van der Waals surface area (Å²) in [7, 11) is 1.62. The van der Waals surface area contributed by atoms with E-state index in [0.29, 0.717) is 12.5 Å². The Kier molecular flexibility index (Phi) is 6.44. The van der Waals surface area contributed by atoms with Gasteiger partial charge in [-0.25, -0.2) is 0 Å². The molecule has 156 valence electrons. The molecule has 1 aromatic heterocycles. The summed E-state index contributed by atoms with van der Waals surface area (Å²) in [6.45, 7) is 3.38. The summed E-state index contributed by atoms with van der Waals surface area (Å²) < 4.78 is 10.7. The first kappa shape index (κ1) is 20.2. The largest absolute Gasteiger partial charge is 0.496 e. The number of para-hydroxylation sites is 1.